The molecule has 0 bridgehead atoms. The van der Waals surface area contributed by atoms with Gasteiger partial charge in [0, 0.05) is 56.8 Å². The Hall–Kier alpha value is -7.51. The van der Waals surface area contributed by atoms with E-state index in [1.54, 1.807) is 6.20 Å². The van der Waals surface area contributed by atoms with Gasteiger partial charge in [-0.05, 0) is 84.6 Å². The number of fused-ring (bicyclic) bond motifs is 10. The highest BCUT2D eigenvalue weighted by Gasteiger charge is 2.22. The number of nitrogens with zero attached hydrogens (tertiary/aromatic N) is 6. The Kier molecular flexibility index (Phi) is 6.98. The van der Waals surface area contributed by atoms with E-state index >= 15 is 0 Å². The van der Waals surface area contributed by atoms with Crippen molar-refractivity contribution in [2.24, 2.45) is 0 Å². The number of aryl methyl sites for hydroxylation is 1. The molecule has 6 heterocycles. The first kappa shape index (κ1) is 33.6. The topological polar surface area (TPSA) is 53.2 Å². The summed E-state index contributed by atoms with van der Waals surface area (Å²) in [6.45, 7) is 8.84. The van der Waals surface area contributed by atoms with Crippen LogP contribution in [0.2, 0.25) is 0 Å². The second-order valence-corrected chi connectivity index (χ2v) is 16.7. The summed E-state index contributed by atoms with van der Waals surface area (Å²) in [7, 11) is 0. The van der Waals surface area contributed by atoms with Crippen molar-refractivity contribution in [3.8, 4) is 28.8 Å². The Balaban J connectivity index is 0.975. The smallest absolute Gasteiger partial charge is 0.271 e. The molecule has 0 unspecified atom stereocenters. The molecule has 6 aromatic heterocycles. The summed E-state index contributed by atoms with van der Waals surface area (Å²) in [4.78, 5) is 9.73. The van der Waals surface area contributed by atoms with Crippen LogP contribution in [0.25, 0.3) is 88.3 Å². The van der Waals surface area contributed by atoms with Crippen molar-refractivity contribution in [1.82, 2.24) is 23.5 Å². The van der Waals surface area contributed by atoms with E-state index in [1.807, 2.05) is 29.0 Å². The van der Waals surface area contributed by atoms with Crippen LogP contribution in [-0.2, 0) is 5.41 Å². The highest BCUT2D eigenvalue weighted by Crippen LogP contribution is 2.40. The molecule has 0 radical (unpaired) electrons. The minimum Gasteiger partial charge on any atom is -0.458 e. The predicted molar refractivity (Wildman–Crippen MR) is 238 cm³/mol. The largest absolute Gasteiger partial charge is 0.458 e. The van der Waals surface area contributed by atoms with Crippen LogP contribution in [0.15, 0.2) is 158 Å². The summed E-state index contributed by atoms with van der Waals surface area (Å²) in [5, 5.41) is 7.25. The number of benzene rings is 6. The molecule has 7 heteroatoms. The zero-order valence-electron chi connectivity index (χ0n) is 33.1. The number of ether oxygens (including phenoxy) is 1. The molecule has 0 atom stereocenters. The first-order valence-electron chi connectivity index (χ1n) is 20.1. The third-order valence-corrected chi connectivity index (χ3v) is 11.9. The maximum absolute atomic E-state index is 6.68. The highest BCUT2D eigenvalue weighted by molar-refractivity contribution is 6.23. The van der Waals surface area contributed by atoms with E-state index in [0.717, 1.165) is 44.7 Å². The van der Waals surface area contributed by atoms with Gasteiger partial charge >= 0.3 is 0 Å². The molecule has 0 aliphatic heterocycles. The average Bonchev–Trinajstić information content (AvgIpc) is 3.99. The SMILES string of the molecule is Cc1ccc2c(c1)c1ccc(Oc3ccnc(-n4[c-][n+](-c5cc6c7ccccc7n7c8ccccc8c(c5)c67)c5ccccc54)c3)cc1n2-c1cc(C(C)(C)C)ccn1. The molecule has 0 N–H and O–H groups in total. The number of rotatable bonds is 5. The Bertz CT molecular complexity index is 3570. The van der Waals surface area contributed by atoms with Crippen LogP contribution in [0.5, 0.6) is 11.5 Å². The lowest BCUT2D eigenvalue weighted by Gasteiger charge is -2.20. The number of aromatic nitrogens is 6. The second kappa shape index (κ2) is 12.2. The molecule has 282 valence electrons. The molecule has 0 saturated carbocycles. The molecule has 0 fully saturated rings. The molecule has 12 rings (SSSR count). The maximum Gasteiger partial charge on any atom is 0.271 e. The van der Waals surface area contributed by atoms with Crippen LogP contribution in [0.3, 0.4) is 0 Å². The van der Waals surface area contributed by atoms with Gasteiger partial charge in [-0.1, -0.05) is 93.1 Å². The lowest BCUT2D eigenvalue weighted by Crippen LogP contribution is -2.29. The summed E-state index contributed by atoms with van der Waals surface area (Å²) < 4.78 is 15.5. The van der Waals surface area contributed by atoms with Crippen molar-refractivity contribution in [1.29, 1.82) is 0 Å². The molecule has 0 aliphatic carbocycles. The zero-order chi connectivity index (χ0) is 39.6. The van der Waals surface area contributed by atoms with E-state index in [4.69, 9.17) is 14.7 Å². The molecule has 0 saturated heterocycles. The van der Waals surface area contributed by atoms with Crippen molar-refractivity contribution >= 4 is 70.9 Å². The summed E-state index contributed by atoms with van der Waals surface area (Å²) in [5.74, 6) is 3.00. The molecular weight excluding hydrogens is 725 g/mol. The van der Waals surface area contributed by atoms with E-state index < -0.39 is 0 Å². The average molecular weight is 763 g/mol. The Morgan fingerprint density at radius 3 is 1.97 bits per heavy atom. The van der Waals surface area contributed by atoms with Gasteiger partial charge in [0.05, 0.1) is 44.3 Å². The molecule has 0 amide bonds. The van der Waals surface area contributed by atoms with Crippen molar-refractivity contribution in [2.45, 2.75) is 33.1 Å². The van der Waals surface area contributed by atoms with Gasteiger partial charge < -0.3 is 9.14 Å². The zero-order valence-corrected chi connectivity index (χ0v) is 33.1. The Morgan fingerprint density at radius 2 is 1.20 bits per heavy atom. The van der Waals surface area contributed by atoms with Crippen LogP contribution in [0.4, 0.5) is 0 Å². The fourth-order valence-corrected chi connectivity index (χ4v) is 9.14. The lowest BCUT2D eigenvalue weighted by atomic mass is 9.88. The molecule has 0 spiro atoms. The Labute approximate surface area is 339 Å². The highest BCUT2D eigenvalue weighted by atomic mass is 16.5. The van der Waals surface area contributed by atoms with Gasteiger partial charge in [-0.15, -0.1) is 0 Å². The number of hydrogen-bond donors (Lipinski definition) is 0. The first-order valence-corrected chi connectivity index (χ1v) is 20.1. The number of hydrogen-bond acceptors (Lipinski definition) is 3. The number of pyridine rings is 2. The molecule has 6 aromatic carbocycles. The first-order chi connectivity index (χ1) is 28.8. The lowest BCUT2D eigenvalue weighted by molar-refractivity contribution is -0.572. The van der Waals surface area contributed by atoms with E-state index in [0.29, 0.717) is 11.6 Å². The summed E-state index contributed by atoms with van der Waals surface area (Å²) in [6.07, 6.45) is 7.41. The molecular formula is C52H38N6O. The normalized spacial score (nSPS) is 12.4. The van der Waals surface area contributed by atoms with Gasteiger partial charge in [-0.2, -0.15) is 0 Å². The van der Waals surface area contributed by atoms with Crippen LogP contribution >= 0.6 is 0 Å². The van der Waals surface area contributed by atoms with Crippen LogP contribution in [0, 0.1) is 13.3 Å². The van der Waals surface area contributed by atoms with E-state index in [-0.39, 0.29) is 5.41 Å². The van der Waals surface area contributed by atoms with Crippen molar-refractivity contribution < 1.29 is 9.30 Å². The molecule has 7 nitrogen and oxygen atoms in total. The number of para-hydroxylation sites is 4. The van der Waals surface area contributed by atoms with E-state index in [1.165, 1.54) is 54.6 Å². The minimum atomic E-state index is -0.0138. The third kappa shape index (κ3) is 5.04. The van der Waals surface area contributed by atoms with Crippen molar-refractivity contribution in [3.05, 3.63) is 175 Å². The van der Waals surface area contributed by atoms with Gasteiger partial charge in [0.1, 0.15) is 17.3 Å². The van der Waals surface area contributed by atoms with Gasteiger partial charge in [-0.25, -0.2) is 4.98 Å². The summed E-state index contributed by atoms with van der Waals surface area (Å²) in [5.41, 5.74) is 11.3. The minimum absolute atomic E-state index is 0.0138. The monoisotopic (exact) mass is 762 g/mol. The third-order valence-electron chi connectivity index (χ3n) is 11.9. The molecule has 0 aliphatic rings. The predicted octanol–water partition coefficient (Wildman–Crippen LogP) is 12.1. The maximum atomic E-state index is 6.68. The van der Waals surface area contributed by atoms with E-state index in [2.05, 4.69) is 175 Å². The fourth-order valence-electron chi connectivity index (χ4n) is 9.14. The number of imidazole rings is 1. The van der Waals surface area contributed by atoms with Crippen molar-refractivity contribution in [2.75, 3.05) is 0 Å². The van der Waals surface area contributed by atoms with Crippen LogP contribution in [0.1, 0.15) is 31.9 Å². The molecule has 12 aromatic rings. The summed E-state index contributed by atoms with van der Waals surface area (Å²) >= 11 is 0. The molecule has 59 heavy (non-hydrogen) atoms. The fraction of sp³-hybridized carbons (Fsp3) is 0.0962. The second-order valence-electron chi connectivity index (χ2n) is 16.7. The van der Waals surface area contributed by atoms with Gasteiger partial charge in [0.15, 0.2) is 5.82 Å². The van der Waals surface area contributed by atoms with Crippen LogP contribution in [-0.4, -0.2) is 23.5 Å². The Morgan fingerprint density at radius 1 is 0.542 bits per heavy atom. The standard InChI is InChI=1S/C52H38N6O/c1-32-17-20-45-40(25-32)39-19-18-35(29-48(39)57(45)50-26-33(21-23-54-50)52(2,3)4)59-36-22-24-53-49(30-36)56-31-55(46-15-9-10-16-47(46)56)34-27-41-37-11-5-7-13-43(37)58-44-14-8-6-12-38(44)42(28-34)51(41)58/h5-30H,1-4H3. The van der Waals surface area contributed by atoms with Gasteiger partial charge in [-0.3, -0.25) is 18.7 Å². The van der Waals surface area contributed by atoms with Crippen LogP contribution < -0.4 is 9.30 Å². The van der Waals surface area contributed by atoms with Crippen molar-refractivity contribution in [3.63, 3.8) is 0 Å². The van der Waals surface area contributed by atoms with Gasteiger partial charge in [0.25, 0.3) is 6.33 Å². The van der Waals surface area contributed by atoms with E-state index in [9.17, 15) is 0 Å². The quantitative estimate of drug-likeness (QED) is 0.130. The van der Waals surface area contributed by atoms with Gasteiger partial charge in [0.2, 0.25) is 0 Å². The summed E-state index contributed by atoms with van der Waals surface area (Å²) in [6, 6.07) is 51.5.